The molecule has 0 aliphatic heterocycles. The number of rotatable bonds is 6. The van der Waals surface area contributed by atoms with Crippen molar-refractivity contribution in [2.45, 2.75) is 6.42 Å². The van der Waals surface area contributed by atoms with Gasteiger partial charge in [-0.2, -0.15) is 11.8 Å². The van der Waals surface area contributed by atoms with Gasteiger partial charge in [0.05, 0.1) is 12.2 Å². The minimum atomic E-state index is -0.854. The highest BCUT2D eigenvalue weighted by atomic mass is 35.5. The average Bonchev–Trinajstić information content (AvgIpc) is 2.24. The van der Waals surface area contributed by atoms with Gasteiger partial charge < -0.3 is 10.4 Å². The summed E-state index contributed by atoms with van der Waals surface area (Å²) < 4.78 is 0. The van der Waals surface area contributed by atoms with Gasteiger partial charge in [0.1, 0.15) is 0 Å². The molecule has 0 saturated carbocycles. The zero-order valence-electron chi connectivity index (χ0n) is 8.98. The Bertz CT molecular complexity index is 411. The van der Waals surface area contributed by atoms with Crippen molar-refractivity contribution in [2.24, 2.45) is 0 Å². The molecule has 92 valence electrons. The second-order valence-electron chi connectivity index (χ2n) is 3.25. The molecular formula is C11H12ClNO3S. The highest BCUT2D eigenvalue weighted by molar-refractivity contribution is 7.99. The molecule has 0 heterocycles. The second kappa shape index (κ2) is 7.19. The normalized spacial score (nSPS) is 9.94. The Hall–Kier alpha value is -1.20. The molecule has 0 saturated heterocycles. The summed E-state index contributed by atoms with van der Waals surface area (Å²) >= 11 is 7.06. The number of carbonyl (C=O) groups is 2. The third-order valence-corrected chi connectivity index (χ3v) is 3.00. The van der Waals surface area contributed by atoms with Crippen LogP contribution in [0.2, 0.25) is 5.02 Å². The molecule has 6 heteroatoms. The van der Waals surface area contributed by atoms with E-state index in [1.54, 1.807) is 24.3 Å². The summed E-state index contributed by atoms with van der Waals surface area (Å²) in [5, 5.41) is 11.7. The summed E-state index contributed by atoms with van der Waals surface area (Å²) in [5.41, 5.74) is 0.640. The highest BCUT2D eigenvalue weighted by Gasteiger charge is 2.04. The van der Waals surface area contributed by atoms with E-state index in [-0.39, 0.29) is 18.1 Å². The summed E-state index contributed by atoms with van der Waals surface area (Å²) in [7, 11) is 0. The van der Waals surface area contributed by atoms with Gasteiger partial charge in [0.25, 0.3) is 0 Å². The molecule has 1 aromatic rings. The number of aliphatic carboxylic acids is 1. The number of amides is 1. The summed E-state index contributed by atoms with van der Waals surface area (Å²) in [6.45, 7) is 0. The molecule has 17 heavy (non-hydrogen) atoms. The number of carboxylic acid groups (broad SMARTS) is 1. The van der Waals surface area contributed by atoms with Crippen LogP contribution in [-0.2, 0) is 9.59 Å². The Morgan fingerprint density at radius 1 is 1.41 bits per heavy atom. The Morgan fingerprint density at radius 3 is 2.82 bits per heavy atom. The van der Waals surface area contributed by atoms with Gasteiger partial charge in [0.2, 0.25) is 5.91 Å². The Morgan fingerprint density at radius 2 is 2.18 bits per heavy atom. The van der Waals surface area contributed by atoms with E-state index in [0.717, 1.165) is 0 Å². The van der Waals surface area contributed by atoms with E-state index < -0.39 is 5.97 Å². The lowest BCUT2D eigenvalue weighted by Gasteiger charge is -2.04. The van der Waals surface area contributed by atoms with Crippen LogP contribution in [0.1, 0.15) is 6.42 Å². The van der Waals surface area contributed by atoms with E-state index in [1.165, 1.54) is 11.8 Å². The molecule has 1 amide bonds. The molecule has 0 aliphatic carbocycles. The van der Waals surface area contributed by atoms with E-state index in [4.69, 9.17) is 16.7 Å². The summed E-state index contributed by atoms with van der Waals surface area (Å²) in [6, 6.07) is 6.86. The van der Waals surface area contributed by atoms with Crippen molar-refractivity contribution in [3.63, 3.8) is 0 Å². The van der Waals surface area contributed by atoms with Crippen LogP contribution < -0.4 is 5.32 Å². The second-order valence-corrected chi connectivity index (χ2v) is 4.80. The fraction of sp³-hybridized carbons (Fsp3) is 0.273. The van der Waals surface area contributed by atoms with Gasteiger partial charge in [0.15, 0.2) is 0 Å². The largest absolute Gasteiger partial charge is 0.481 e. The van der Waals surface area contributed by atoms with Crippen LogP contribution in [0.5, 0.6) is 0 Å². The number of thioether (sulfide) groups is 1. The molecule has 0 bridgehead atoms. The number of nitrogens with one attached hydrogen (secondary N) is 1. The van der Waals surface area contributed by atoms with Crippen LogP contribution in [-0.4, -0.2) is 28.5 Å². The maximum Gasteiger partial charge on any atom is 0.304 e. The monoisotopic (exact) mass is 273 g/mol. The van der Waals surface area contributed by atoms with E-state index in [9.17, 15) is 9.59 Å². The number of carbonyl (C=O) groups excluding carboxylic acids is 1. The zero-order valence-corrected chi connectivity index (χ0v) is 10.6. The van der Waals surface area contributed by atoms with Crippen LogP contribution in [0.3, 0.4) is 0 Å². The van der Waals surface area contributed by atoms with Crippen molar-refractivity contribution in [1.29, 1.82) is 0 Å². The van der Waals surface area contributed by atoms with E-state index in [0.29, 0.717) is 16.5 Å². The Labute approximate surface area is 108 Å². The van der Waals surface area contributed by atoms with Gasteiger partial charge in [-0.3, -0.25) is 9.59 Å². The van der Waals surface area contributed by atoms with E-state index in [2.05, 4.69) is 5.32 Å². The first kappa shape index (κ1) is 13.9. The molecule has 2 N–H and O–H groups in total. The molecule has 0 aliphatic rings. The minimum absolute atomic E-state index is 0.0646. The van der Waals surface area contributed by atoms with Crippen LogP contribution in [0.4, 0.5) is 5.69 Å². The Kier molecular flexibility index (Phi) is 5.86. The van der Waals surface area contributed by atoms with Gasteiger partial charge in [-0.1, -0.05) is 17.7 Å². The maximum absolute atomic E-state index is 11.4. The zero-order chi connectivity index (χ0) is 12.7. The number of hydrogen-bond donors (Lipinski definition) is 2. The summed E-state index contributed by atoms with van der Waals surface area (Å²) in [4.78, 5) is 21.7. The Balaban J connectivity index is 2.27. The number of halogens is 1. The third-order valence-electron chi connectivity index (χ3n) is 1.80. The first-order chi connectivity index (χ1) is 8.08. The van der Waals surface area contributed by atoms with E-state index >= 15 is 0 Å². The lowest BCUT2D eigenvalue weighted by atomic mass is 10.3. The SMILES string of the molecule is O=C(O)CCSCC(=O)Nc1cccc(Cl)c1. The number of benzene rings is 1. The minimum Gasteiger partial charge on any atom is -0.481 e. The summed E-state index contributed by atoms with van der Waals surface area (Å²) in [6.07, 6.45) is 0.0646. The fourth-order valence-electron chi connectivity index (χ4n) is 1.09. The molecule has 4 nitrogen and oxygen atoms in total. The predicted octanol–water partition coefficient (Wildman–Crippen LogP) is 2.49. The standard InChI is InChI=1S/C11H12ClNO3S/c12-8-2-1-3-9(6-8)13-10(14)7-17-5-4-11(15)16/h1-3,6H,4-5,7H2,(H,13,14)(H,15,16). The lowest BCUT2D eigenvalue weighted by molar-refractivity contribution is -0.136. The van der Waals surface area contributed by atoms with Gasteiger partial charge in [-0.15, -0.1) is 0 Å². The van der Waals surface area contributed by atoms with E-state index in [1.807, 2.05) is 0 Å². The van der Waals surface area contributed by atoms with Crippen molar-refractivity contribution in [1.82, 2.24) is 0 Å². The lowest BCUT2D eigenvalue weighted by Crippen LogP contribution is -2.14. The van der Waals surface area contributed by atoms with Crippen molar-refractivity contribution >= 4 is 40.9 Å². The molecule has 1 aromatic carbocycles. The molecule has 0 radical (unpaired) electrons. The van der Waals surface area contributed by atoms with Crippen LogP contribution in [0.15, 0.2) is 24.3 Å². The van der Waals surface area contributed by atoms with Crippen molar-refractivity contribution in [2.75, 3.05) is 16.8 Å². The van der Waals surface area contributed by atoms with Gasteiger partial charge >= 0.3 is 5.97 Å². The maximum atomic E-state index is 11.4. The van der Waals surface area contributed by atoms with Crippen molar-refractivity contribution in [3.8, 4) is 0 Å². The topological polar surface area (TPSA) is 66.4 Å². The molecular weight excluding hydrogens is 262 g/mol. The predicted molar refractivity (Wildman–Crippen MR) is 69.7 cm³/mol. The molecule has 0 aromatic heterocycles. The first-order valence-corrected chi connectivity index (χ1v) is 6.46. The van der Waals surface area contributed by atoms with Crippen LogP contribution >= 0.6 is 23.4 Å². The van der Waals surface area contributed by atoms with Crippen LogP contribution in [0.25, 0.3) is 0 Å². The first-order valence-electron chi connectivity index (χ1n) is 4.93. The van der Waals surface area contributed by atoms with Gasteiger partial charge in [-0.05, 0) is 18.2 Å². The number of anilines is 1. The average molecular weight is 274 g/mol. The molecule has 0 fully saturated rings. The molecule has 0 atom stereocenters. The van der Waals surface area contributed by atoms with Crippen molar-refractivity contribution < 1.29 is 14.7 Å². The molecule has 0 spiro atoms. The van der Waals surface area contributed by atoms with Crippen molar-refractivity contribution in [3.05, 3.63) is 29.3 Å². The number of carboxylic acids is 1. The quantitative estimate of drug-likeness (QED) is 0.782. The number of hydrogen-bond acceptors (Lipinski definition) is 3. The third kappa shape index (κ3) is 6.19. The molecule has 1 rings (SSSR count). The highest BCUT2D eigenvalue weighted by Crippen LogP contribution is 2.15. The molecule has 0 unspecified atom stereocenters. The van der Waals surface area contributed by atoms with Gasteiger partial charge in [-0.25, -0.2) is 0 Å². The fourth-order valence-corrected chi connectivity index (χ4v) is 2.00. The van der Waals surface area contributed by atoms with Gasteiger partial charge in [0, 0.05) is 16.5 Å². The van der Waals surface area contributed by atoms with Crippen LogP contribution in [0, 0.1) is 0 Å². The smallest absolute Gasteiger partial charge is 0.304 e. The summed E-state index contributed by atoms with van der Waals surface area (Å²) in [5.74, 6) is -0.353.